The molecule has 0 aliphatic rings. The van der Waals surface area contributed by atoms with Crippen molar-refractivity contribution in [3.05, 3.63) is 0 Å². The minimum Gasteiger partial charge on any atom is -0.480 e. The molecule has 8 nitrogen and oxygen atoms in total. The summed E-state index contributed by atoms with van der Waals surface area (Å²) >= 11 is 0. The van der Waals surface area contributed by atoms with Crippen molar-refractivity contribution in [3.8, 4) is 0 Å². The van der Waals surface area contributed by atoms with Crippen molar-refractivity contribution in [2.75, 3.05) is 12.3 Å². The van der Waals surface area contributed by atoms with E-state index in [1.54, 1.807) is 20.8 Å². The van der Waals surface area contributed by atoms with Crippen molar-refractivity contribution in [2.45, 2.75) is 33.2 Å². The maximum atomic E-state index is 11.5. The number of rotatable bonds is 6. The van der Waals surface area contributed by atoms with Crippen LogP contribution in [-0.4, -0.2) is 43.9 Å². The third kappa shape index (κ3) is 8.38. The molecule has 0 unspecified atom stereocenters. The molecule has 0 saturated carbocycles. The smallest absolute Gasteiger partial charge is 0.326 e. The largest absolute Gasteiger partial charge is 0.480 e. The van der Waals surface area contributed by atoms with Crippen LogP contribution >= 0.6 is 0 Å². The maximum Gasteiger partial charge on any atom is 0.326 e. The summed E-state index contributed by atoms with van der Waals surface area (Å²) in [5.74, 6) is -1.37. The number of carboxylic acid groups (broad SMARTS) is 1. The first-order valence-electron chi connectivity index (χ1n) is 5.71. The highest BCUT2D eigenvalue weighted by Gasteiger charge is 2.32. The maximum absolute atomic E-state index is 11.5. The summed E-state index contributed by atoms with van der Waals surface area (Å²) in [4.78, 5) is 22.5. The monoisotopic (exact) mass is 295 g/mol. The van der Waals surface area contributed by atoms with Gasteiger partial charge in [-0.05, 0) is 11.8 Å². The quantitative estimate of drug-likeness (QED) is 0.488. The number of carbonyl (C=O) groups excluding carboxylic acids is 1. The molecule has 0 spiro atoms. The van der Waals surface area contributed by atoms with E-state index in [0.717, 1.165) is 0 Å². The van der Waals surface area contributed by atoms with Crippen LogP contribution in [-0.2, 0) is 14.8 Å². The van der Waals surface area contributed by atoms with Crippen LogP contribution in [0.3, 0.4) is 0 Å². The van der Waals surface area contributed by atoms with Crippen LogP contribution in [0.4, 0.5) is 4.79 Å². The van der Waals surface area contributed by atoms with E-state index in [2.05, 4.69) is 10.6 Å². The van der Waals surface area contributed by atoms with Gasteiger partial charge in [0.2, 0.25) is 10.0 Å². The number of hydrogen-bond acceptors (Lipinski definition) is 4. The summed E-state index contributed by atoms with van der Waals surface area (Å²) in [6, 6.07) is -1.69. The van der Waals surface area contributed by atoms with Gasteiger partial charge in [0.25, 0.3) is 0 Å². The third-order valence-electron chi connectivity index (χ3n) is 2.28. The average Bonchev–Trinajstić information content (AvgIpc) is 2.17. The lowest BCUT2D eigenvalue weighted by atomic mass is 9.87. The number of nitrogens with one attached hydrogen (secondary N) is 2. The van der Waals surface area contributed by atoms with Crippen molar-refractivity contribution < 1.29 is 23.1 Å². The highest BCUT2D eigenvalue weighted by atomic mass is 32.2. The van der Waals surface area contributed by atoms with Gasteiger partial charge in [0.05, 0.1) is 5.75 Å². The number of carbonyl (C=O) groups is 2. The van der Waals surface area contributed by atoms with Gasteiger partial charge in [0, 0.05) is 6.54 Å². The Labute approximate surface area is 112 Å². The van der Waals surface area contributed by atoms with Crippen LogP contribution in [0.25, 0.3) is 0 Å². The SMILES string of the molecule is CC(C)(C)[C@@H](NC(=O)NCCCS(N)(=O)=O)C(=O)O. The van der Waals surface area contributed by atoms with Crippen LogP contribution in [0.5, 0.6) is 0 Å². The van der Waals surface area contributed by atoms with Crippen molar-refractivity contribution >= 4 is 22.0 Å². The van der Waals surface area contributed by atoms with Gasteiger partial charge >= 0.3 is 12.0 Å². The molecule has 0 aromatic carbocycles. The first kappa shape index (κ1) is 17.6. The molecule has 0 heterocycles. The van der Waals surface area contributed by atoms with E-state index < -0.39 is 33.5 Å². The van der Waals surface area contributed by atoms with Gasteiger partial charge in [-0.1, -0.05) is 20.8 Å². The first-order valence-corrected chi connectivity index (χ1v) is 7.42. The Bertz CT molecular complexity index is 427. The summed E-state index contributed by atoms with van der Waals surface area (Å²) in [6.07, 6.45) is 0.166. The lowest BCUT2D eigenvalue weighted by Crippen LogP contribution is -2.52. The second kappa shape index (κ2) is 6.71. The number of nitrogens with two attached hydrogens (primary N) is 1. The van der Waals surface area contributed by atoms with E-state index in [4.69, 9.17) is 10.2 Å². The van der Waals surface area contributed by atoms with Gasteiger partial charge < -0.3 is 15.7 Å². The summed E-state index contributed by atoms with van der Waals surface area (Å²) in [6.45, 7) is 5.16. The zero-order valence-corrected chi connectivity index (χ0v) is 12.1. The van der Waals surface area contributed by atoms with Crippen molar-refractivity contribution in [2.24, 2.45) is 10.6 Å². The molecule has 0 saturated heterocycles. The Kier molecular flexibility index (Phi) is 6.23. The highest BCUT2D eigenvalue weighted by molar-refractivity contribution is 7.89. The Morgan fingerprint density at radius 3 is 2.21 bits per heavy atom. The number of aliphatic carboxylic acids is 1. The summed E-state index contributed by atoms with van der Waals surface area (Å²) in [5, 5.41) is 18.5. The third-order valence-corrected chi connectivity index (χ3v) is 3.14. The molecule has 0 radical (unpaired) electrons. The summed E-state index contributed by atoms with van der Waals surface area (Å²) in [5.41, 5.74) is -0.635. The number of sulfonamides is 1. The van der Waals surface area contributed by atoms with Gasteiger partial charge in [-0.3, -0.25) is 0 Å². The first-order chi connectivity index (χ1) is 8.43. The number of hydrogen-bond donors (Lipinski definition) is 4. The molecule has 0 aromatic heterocycles. The van der Waals surface area contributed by atoms with E-state index >= 15 is 0 Å². The van der Waals surface area contributed by atoms with Crippen molar-refractivity contribution in [1.29, 1.82) is 0 Å². The fraction of sp³-hybridized carbons (Fsp3) is 0.800. The van der Waals surface area contributed by atoms with E-state index in [1.807, 2.05) is 0 Å². The molecule has 1 atom stereocenters. The Morgan fingerprint density at radius 1 is 1.32 bits per heavy atom. The summed E-state index contributed by atoms with van der Waals surface area (Å²) < 4.78 is 21.3. The van der Waals surface area contributed by atoms with Crippen molar-refractivity contribution in [3.63, 3.8) is 0 Å². The number of amides is 2. The average molecular weight is 295 g/mol. The van der Waals surface area contributed by atoms with Crippen LogP contribution in [0, 0.1) is 5.41 Å². The van der Waals surface area contributed by atoms with Gasteiger partial charge in [-0.2, -0.15) is 0 Å². The van der Waals surface area contributed by atoms with Crippen LogP contribution in [0.15, 0.2) is 0 Å². The van der Waals surface area contributed by atoms with Crippen LogP contribution < -0.4 is 15.8 Å². The molecule has 9 heteroatoms. The molecule has 0 aliphatic heterocycles. The van der Waals surface area contributed by atoms with Gasteiger partial charge in [-0.15, -0.1) is 0 Å². The summed E-state index contributed by atoms with van der Waals surface area (Å²) in [7, 11) is -3.55. The zero-order chi connectivity index (χ0) is 15.3. The van der Waals surface area contributed by atoms with E-state index in [-0.39, 0.29) is 18.7 Å². The molecule has 19 heavy (non-hydrogen) atoms. The molecule has 0 rings (SSSR count). The standard InChI is InChI=1S/C10H21N3O5S/c1-10(2,3)7(8(14)15)13-9(16)12-5-4-6-19(11,17)18/h7H,4-6H2,1-3H3,(H,14,15)(H2,11,17,18)(H2,12,13,16)/t7-/m0/s1. The number of carboxylic acids is 1. The molecule has 0 aliphatic carbocycles. The predicted molar refractivity (Wildman–Crippen MR) is 70.0 cm³/mol. The van der Waals surface area contributed by atoms with Gasteiger partial charge in [0.1, 0.15) is 6.04 Å². The van der Waals surface area contributed by atoms with Gasteiger partial charge in [0.15, 0.2) is 0 Å². The second-order valence-electron chi connectivity index (χ2n) is 5.26. The number of primary sulfonamides is 1. The van der Waals surface area contributed by atoms with Crippen LogP contribution in [0.1, 0.15) is 27.2 Å². The molecular weight excluding hydrogens is 274 g/mol. The highest BCUT2D eigenvalue weighted by Crippen LogP contribution is 2.19. The molecule has 5 N–H and O–H groups in total. The van der Waals surface area contributed by atoms with E-state index in [0.29, 0.717) is 0 Å². The van der Waals surface area contributed by atoms with Crippen LogP contribution in [0.2, 0.25) is 0 Å². The minimum atomic E-state index is -3.55. The van der Waals surface area contributed by atoms with Gasteiger partial charge in [-0.25, -0.2) is 23.1 Å². The van der Waals surface area contributed by atoms with E-state index in [1.165, 1.54) is 0 Å². The Balaban J connectivity index is 4.20. The lowest BCUT2D eigenvalue weighted by molar-refractivity contribution is -0.141. The normalized spacial score (nSPS) is 13.7. The molecule has 112 valence electrons. The topological polar surface area (TPSA) is 139 Å². The number of urea groups is 1. The Hall–Kier alpha value is -1.35. The fourth-order valence-corrected chi connectivity index (χ4v) is 1.85. The molecule has 2 amide bonds. The van der Waals surface area contributed by atoms with E-state index in [9.17, 15) is 18.0 Å². The second-order valence-corrected chi connectivity index (χ2v) is 6.99. The molecule has 0 aromatic rings. The lowest BCUT2D eigenvalue weighted by Gasteiger charge is -2.27. The van der Waals surface area contributed by atoms with Crippen molar-refractivity contribution in [1.82, 2.24) is 10.6 Å². The molecule has 0 bridgehead atoms. The fourth-order valence-electron chi connectivity index (χ4n) is 1.31. The predicted octanol–water partition coefficient (Wildman–Crippen LogP) is -0.536. The zero-order valence-electron chi connectivity index (χ0n) is 11.3. The Morgan fingerprint density at radius 2 is 1.84 bits per heavy atom. The minimum absolute atomic E-state index is 0.0960. The molecular formula is C10H21N3O5S. The molecule has 0 fully saturated rings.